The molecule has 8 nitrogen and oxygen atoms in total. The zero-order valence-corrected chi connectivity index (χ0v) is 12.0. The van der Waals surface area contributed by atoms with Crippen LogP contribution in [0.15, 0.2) is 5.38 Å². The van der Waals surface area contributed by atoms with Gasteiger partial charge in [-0.3, -0.25) is 4.79 Å². The molecule has 1 saturated heterocycles. The molecule has 1 aromatic heterocycles. The molecule has 1 unspecified atom stereocenters. The van der Waals surface area contributed by atoms with E-state index in [0.29, 0.717) is 30.9 Å². The summed E-state index contributed by atoms with van der Waals surface area (Å²) >= 11 is 1.24. The molecule has 0 aliphatic carbocycles. The van der Waals surface area contributed by atoms with Crippen LogP contribution >= 0.6 is 11.3 Å². The molecule has 2 rings (SSSR count). The molecule has 1 atom stereocenters. The smallest absolute Gasteiger partial charge is 0.355 e. The third-order valence-electron chi connectivity index (χ3n) is 2.99. The molecule has 1 aromatic rings. The van der Waals surface area contributed by atoms with Crippen molar-refractivity contribution in [3.05, 3.63) is 16.1 Å². The van der Waals surface area contributed by atoms with Gasteiger partial charge in [-0.25, -0.2) is 14.6 Å². The molecule has 0 spiro atoms. The minimum Gasteiger partial charge on any atom is -0.476 e. The van der Waals surface area contributed by atoms with Gasteiger partial charge in [-0.05, 0) is 12.8 Å². The number of carbonyl (C=O) groups is 3. The monoisotopic (exact) mass is 312 g/mol. The maximum atomic E-state index is 11.6. The highest BCUT2D eigenvalue weighted by molar-refractivity contribution is 7.09. The third-order valence-corrected chi connectivity index (χ3v) is 3.89. The van der Waals surface area contributed by atoms with Crippen molar-refractivity contribution in [2.24, 2.45) is 0 Å². The van der Waals surface area contributed by atoms with Crippen molar-refractivity contribution < 1.29 is 19.5 Å². The summed E-state index contributed by atoms with van der Waals surface area (Å²) in [5.41, 5.74) is 0.0123. The fourth-order valence-electron chi connectivity index (χ4n) is 1.93. The van der Waals surface area contributed by atoms with Crippen LogP contribution in [0.1, 0.15) is 28.3 Å². The number of rotatable bonds is 5. The molecule has 114 valence electrons. The van der Waals surface area contributed by atoms with E-state index in [2.05, 4.69) is 20.9 Å². The van der Waals surface area contributed by atoms with E-state index in [1.54, 1.807) is 0 Å². The normalized spacial score (nSPS) is 17.9. The van der Waals surface area contributed by atoms with Crippen molar-refractivity contribution in [3.63, 3.8) is 0 Å². The van der Waals surface area contributed by atoms with Gasteiger partial charge >= 0.3 is 12.0 Å². The van der Waals surface area contributed by atoms with Crippen LogP contribution in [-0.2, 0) is 11.2 Å². The van der Waals surface area contributed by atoms with Crippen molar-refractivity contribution >= 4 is 29.2 Å². The van der Waals surface area contributed by atoms with Gasteiger partial charge in [0.15, 0.2) is 5.69 Å². The largest absolute Gasteiger partial charge is 0.476 e. The number of aromatic carboxylic acids is 1. The lowest BCUT2D eigenvalue weighted by molar-refractivity contribution is -0.124. The number of aromatic nitrogens is 1. The average Bonchev–Trinajstić information content (AvgIpc) is 2.90. The number of piperidine rings is 1. The molecule has 21 heavy (non-hydrogen) atoms. The topological polar surface area (TPSA) is 120 Å². The Balaban J connectivity index is 1.71. The van der Waals surface area contributed by atoms with E-state index in [4.69, 9.17) is 5.11 Å². The van der Waals surface area contributed by atoms with Gasteiger partial charge < -0.3 is 21.1 Å². The zero-order chi connectivity index (χ0) is 15.2. The standard InChI is InChI=1S/C12H16N4O4S/c17-10-7(2-1-4-13-10)16-12(20)14-5-3-9-15-8(6-21-9)11(18)19/h6-7H,1-5H2,(H,13,17)(H,18,19)(H2,14,16,20). The van der Waals surface area contributed by atoms with Crippen LogP contribution in [0.5, 0.6) is 0 Å². The number of nitrogens with one attached hydrogen (secondary N) is 3. The van der Waals surface area contributed by atoms with Crippen LogP contribution in [0.25, 0.3) is 0 Å². The Morgan fingerprint density at radius 3 is 3.00 bits per heavy atom. The molecule has 0 aromatic carbocycles. The Bertz CT molecular complexity index is 545. The zero-order valence-electron chi connectivity index (χ0n) is 11.2. The number of hydrogen-bond acceptors (Lipinski definition) is 5. The highest BCUT2D eigenvalue weighted by atomic mass is 32.1. The van der Waals surface area contributed by atoms with Crippen LogP contribution in [0.4, 0.5) is 4.79 Å². The maximum Gasteiger partial charge on any atom is 0.355 e. The van der Waals surface area contributed by atoms with Gasteiger partial charge in [0.2, 0.25) is 5.91 Å². The van der Waals surface area contributed by atoms with Crippen molar-refractivity contribution in [2.75, 3.05) is 13.1 Å². The predicted octanol–water partition coefficient (Wildman–Crippen LogP) is -0.0384. The van der Waals surface area contributed by atoms with Gasteiger partial charge in [0.05, 0.1) is 5.01 Å². The van der Waals surface area contributed by atoms with E-state index in [9.17, 15) is 14.4 Å². The first-order valence-electron chi connectivity index (χ1n) is 6.56. The van der Waals surface area contributed by atoms with E-state index in [-0.39, 0.29) is 11.6 Å². The fraction of sp³-hybridized carbons (Fsp3) is 0.500. The lowest BCUT2D eigenvalue weighted by Crippen LogP contribution is -2.52. The van der Waals surface area contributed by atoms with Gasteiger partial charge in [0.25, 0.3) is 0 Å². The Hall–Kier alpha value is -2.16. The fourth-order valence-corrected chi connectivity index (χ4v) is 2.70. The second-order valence-electron chi connectivity index (χ2n) is 4.57. The summed E-state index contributed by atoms with van der Waals surface area (Å²) in [4.78, 5) is 37.7. The van der Waals surface area contributed by atoms with E-state index in [1.807, 2.05) is 0 Å². The second-order valence-corrected chi connectivity index (χ2v) is 5.51. The number of carboxylic acid groups (broad SMARTS) is 1. The minimum atomic E-state index is -1.06. The van der Waals surface area contributed by atoms with E-state index >= 15 is 0 Å². The predicted molar refractivity (Wildman–Crippen MR) is 75.3 cm³/mol. The Morgan fingerprint density at radius 2 is 2.33 bits per heavy atom. The second kappa shape index (κ2) is 7.02. The van der Waals surface area contributed by atoms with Crippen molar-refractivity contribution in [1.29, 1.82) is 0 Å². The average molecular weight is 312 g/mol. The molecule has 3 amide bonds. The van der Waals surface area contributed by atoms with Gasteiger partial charge in [0.1, 0.15) is 6.04 Å². The molecular weight excluding hydrogens is 296 g/mol. The summed E-state index contributed by atoms with van der Waals surface area (Å²) in [6, 6.07) is -0.899. The molecule has 9 heteroatoms. The Labute approximate surface area is 124 Å². The van der Waals surface area contributed by atoms with E-state index in [0.717, 1.165) is 6.42 Å². The summed E-state index contributed by atoms with van der Waals surface area (Å²) in [7, 11) is 0. The van der Waals surface area contributed by atoms with E-state index < -0.39 is 18.0 Å². The van der Waals surface area contributed by atoms with Crippen molar-refractivity contribution in [1.82, 2.24) is 20.9 Å². The summed E-state index contributed by atoms with van der Waals surface area (Å²) in [6.45, 7) is 0.974. The number of carboxylic acids is 1. The lowest BCUT2D eigenvalue weighted by atomic mass is 10.1. The first kappa shape index (κ1) is 15.2. The molecule has 4 N–H and O–H groups in total. The molecule has 2 heterocycles. The van der Waals surface area contributed by atoms with Crippen molar-refractivity contribution in [2.45, 2.75) is 25.3 Å². The van der Waals surface area contributed by atoms with Crippen LogP contribution in [0.2, 0.25) is 0 Å². The summed E-state index contributed by atoms with van der Waals surface area (Å²) < 4.78 is 0. The van der Waals surface area contributed by atoms with Crippen LogP contribution in [0, 0.1) is 0 Å². The number of carbonyl (C=O) groups excluding carboxylic acids is 2. The van der Waals surface area contributed by atoms with E-state index in [1.165, 1.54) is 16.7 Å². The highest BCUT2D eigenvalue weighted by Crippen LogP contribution is 2.09. The van der Waals surface area contributed by atoms with Gasteiger partial charge in [-0.2, -0.15) is 0 Å². The summed E-state index contributed by atoms with van der Waals surface area (Å²) in [6.07, 6.45) is 1.92. The molecule has 1 aliphatic heterocycles. The maximum absolute atomic E-state index is 11.6. The number of thiazole rings is 1. The summed E-state index contributed by atoms with van der Waals surface area (Å²) in [5.74, 6) is -1.23. The van der Waals surface area contributed by atoms with Gasteiger partial charge in [-0.15, -0.1) is 11.3 Å². The Kier molecular flexibility index (Phi) is 5.09. The van der Waals surface area contributed by atoms with Crippen LogP contribution in [-0.4, -0.2) is 47.1 Å². The highest BCUT2D eigenvalue weighted by Gasteiger charge is 2.23. The quantitative estimate of drug-likeness (QED) is 0.608. The van der Waals surface area contributed by atoms with Crippen LogP contribution < -0.4 is 16.0 Å². The first-order valence-corrected chi connectivity index (χ1v) is 7.44. The minimum absolute atomic E-state index is 0.0123. The van der Waals surface area contributed by atoms with Crippen LogP contribution in [0.3, 0.4) is 0 Å². The molecule has 0 radical (unpaired) electrons. The number of amides is 3. The molecular formula is C12H16N4O4S. The molecule has 0 bridgehead atoms. The van der Waals surface area contributed by atoms with Gasteiger partial charge in [-0.1, -0.05) is 0 Å². The van der Waals surface area contributed by atoms with Crippen molar-refractivity contribution in [3.8, 4) is 0 Å². The first-order chi connectivity index (χ1) is 10.1. The molecule has 1 fully saturated rings. The van der Waals surface area contributed by atoms with Gasteiger partial charge in [0, 0.05) is 24.9 Å². The lowest BCUT2D eigenvalue weighted by Gasteiger charge is -2.22. The Morgan fingerprint density at radius 1 is 1.52 bits per heavy atom. The molecule has 1 aliphatic rings. The number of urea groups is 1. The number of nitrogens with zero attached hydrogens (tertiary/aromatic N) is 1. The summed E-state index contributed by atoms with van der Waals surface area (Å²) in [5, 5.41) is 18.8. The SMILES string of the molecule is O=C(NCCc1nc(C(=O)O)cs1)NC1CCCNC1=O. The molecule has 0 saturated carbocycles. The third kappa shape index (κ3) is 4.42. The number of hydrogen-bond donors (Lipinski definition) is 4.